The van der Waals surface area contributed by atoms with E-state index in [1.54, 1.807) is 25.7 Å². The van der Waals surface area contributed by atoms with Crippen LogP contribution in [0.4, 0.5) is 31.1 Å². The first-order valence-electron chi connectivity index (χ1n) is 13.9. The maximum Gasteiger partial charge on any atom is 0.416 e. The van der Waals surface area contributed by atoms with Gasteiger partial charge in [0, 0.05) is 25.7 Å². The van der Waals surface area contributed by atoms with Crippen LogP contribution in [0.5, 0.6) is 0 Å². The second kappa shape index (κ2) is 11.5. The van der Waals surface area contributed by atoms with E-state index in [4.69, 9.17) is 4.74 Å². The van der Waals surface area contributed by atoms with Crippen LogP contribution >= 0.6 is 0 Å². The van der Waals surface area contributed by atoms with Crippen LogP contribution in [0.15, 0.2) is 18.2 Å². The lowest BCUT2D eigenvalue weighted by Gasteiger charge is -2.39. The summed E-state index contributed by atoms with van der Waals surface area (Å²) in [6.45, 7) is 6.69. The molecule has 43 heavy (non-hydrogen) atoms. The van der Waals surface area contributed by atoms with Crippen molar-refractivity contribution in [2.75, 3.05) is 19.6 Å². The molecule has 1 N–H and O–H groups in total. The maximum atomic E-state index is 13.5. The van der Waals surface area contributed by atoms with Crippen molar-refractivity contribution in [2.45, 2.75) is 95.1 Å². The molecule has 236 valence electrons. The smallest absolute Gasteiger partial charge is 0.416 e. The molecule has 3 saturated heterocycles. The van der Waals surface area contributed by atoms with Crippen LogP contribution in [0, 0.1) is 11.3 Å². The SMILES string of the molecule is CC(c1cc(C(F)(F)F)cc(C(F)(F)F)c1)N1C(=O)C2CC1CN2CC(NC(=O)OC(C)(C)C)C(=O)N1CCCC1C#N. The number of hydrogen-bond acceptors (Lipinski definition) is 6. The molecule has 3 heterocycles. The van der Waals surface area contributed by atoms with E-state index in [-0.39, 0.29) is 31.1 Å². The molecule has 1 aromatic carbocycles. The lowest BCUT2D eigenvalue weighted by molar-refractivity contribution is -0.143. The summed E-state index contributed by atoms with van der Waals surface area (Å²) in [6.07, 6.45) is -9.59. The molecular formula is C28H33F6N5O4. The molecule has 4 rings (SSSR count). The van der Waals surface area contributed by atoms with Crippen LogP contribution in [0.2, 0.25) is 0 Å². The number of carbonyl (C=O) groups excluding carboxylic acids is 3. The Kier molecular flexibility index (Phi) is 8.67. The minimum Gasteiger partial charge on any atom is -0.444 e. The molecule has 5 atom stereocenters. The summed E-state index contributed by atoms with van der Waals surface area (Å²) in [6, 6.07) is -0.915. The number of hydrogen-bond donors (Lipinski definition) is 1. The molecule has 5 unspecified atom stereocenters. The van der Waals surface area contributed by atoms with Gasteiger partial charge in [-0.25, -0.2) is 4.79 Å². The van der Waals surface area contributed by atoms with Crippen molar-refractivity contribution in [2.24, 2.45) is 0 Å². The van der Waals surface area contributed by atoms with Crippen LogP contribution in [0.25, 0.3) is 0 Å². The van der Waals surface area contributed by atoms with Gasteiger partial charge in [0.15, 0.2) is 0 Å². The number of fused-ring (bicyclic) bond motifs is 2. The summed E-state index contributed by atoms with van der Waals surface area (Å²) in [7, 11) is 0. The summed E-state index contributed by atoms with van der Waals surface area (Å²) < 4.78 is 85.9. The number of carbonyl (C=O) groups is 3. The molecule has 2 bridgehead atoms. The number of alkyl halides is 6. The van der Waals surface area contributed by atoms with Gasteiger partial charge in [0.25, 0.3) is 0 Å². The number of piperazine rings is 1. The minimum atomic E-state index is -5.02. The van der Waals surface area contributed by atoms with E-state index in [0.29, 0.717) is 31.5 Å². The fraction of sp³-hybridized carbons (Fsp3) is 0.643. The topological polar surface area (TPSA) is 106 Å². The van der Waals surface area contributed by atoms with Gasteiger partial charge < -0.3 is 19.9 Å². The fourth-order valence-corrected chi connectivity index (χ4v) is 6.01. The first kappa shape index (κ1) is 32.4. The zero-order valence-electron chi connectivity index (χ0n) is 24.1. The molecule has 1 aromatic rings. The standard InChI is InChI=1S/C28H33F6N5O4/c1-15(16-8-17(27(29,30)31)10-18(9-16)28(32,33)34)39-20-11-22(24(39)41)37(13-20)14-21(36-25(42)43-26(2,3)4)23(40)38-7-5-6-19(38)12-35/h8-10,15,19-22H,5-7,11,13-14H2,1-4H3,(H,36,42). The van der Waals surface area contributed by atoms with Gasteiger partial charge in [-0.15, -0.1) is 0 Å². The number of nitrogens with zero attached hydrogens (tertiary/aromatic N) is 4. The second-order valence-corrected chi connectivity index (χ2v) is 12.1. The van der Waals surface area contributed by atoms with E-state index in [1.165, 1.54) is 16.7 Å². The van der Waals surface area contributed by atoms with E-state index >= 15 is 0 Å². The summed E-state index contributed by atoms with van der Waals surface area (Å²) in [4.78, 5) is 43.9. The highest BCUT2D eigenvalue weighted by Gasteiger charge is 2.52. The molecule has 15 heteroatoms. The van der Waals surface area contributed by atoms with Crippen LogP contribution in [0.1, 0.15) is 69.7 Å². The summed E-state index contributed by atoms with van der Waals surface area (Å²) in [5.74, 6) is -1.02. The average Bonchev–Trinajstić information content (AvgIpc) is 3.59. The Morgan fingerprint density at radius 2 is 1.70 bits per heavy atom. The van der Waals surface area contributed by atoms with E-state index in [9.17, 15) is 46.0 Å². The van der Waals surface area contributed by atoms with Crippen molar-refractivity contribution in [3.63, 3.8) is 0 Å². The normalized spacial score (nSPS) is 24.2. The third-order valence-electron chi connectivity index (χ3n) is 7.92. The Bertz CT molecular complexity index is 1270. The highest BCUT2D eigenvalue weighted by atomic mass is 19.4. The predicted octanol–water partition coefficient (Wildman–Crippen LogP) is 4.48. The quantitative estimate of drug-likeness (QED) is 0.472. The van der Waals surface area contributed by atoms with Crippen molar-refractivity contribution in [1.82, 2.24) is 20.0 Å². The van der Waals surface area contributed by atoms with E-state index < -0.39 is 77.2 Å². The first-order valence-corrected chi connectivity index (χ1v) is 13.9. The summed E-state index contributed by atoms with van der Waals surface area (Å²) >= 11 is 0. The molecule has 0 aliphatic carbocycles. The van der Waals surface area contributed by atoms with Gasteiger partial charge in [-0.05, 0) is 70.7 Å². The fourth-order valence-electron chi connectivity index (χ4n) is 6.01. The van der Waals surface area contributed by atoms with Crippen LogP contribution in [0.3, 0.4) is 0 Å². The molecule has 3 fully saturated rings. The third kappa shape index (κ3) is 7.00. The van der Waals surface area contributed by atoms with Crippen molar-refractivity contribution in [1.29, 1.82) is 5.26 Å². The van der Waals surface area contributed by atoms with Gasteiger partial charge in [-0.3, -0.25) is 14.5 Å². The molecule has 0 saturated carbocycles. The Balaban J connectivity index is 1.54. The minimum absolute atomic E-state index is 0.0436. The number of nitrogens with one attached hydrogen (secondary N) is 1. The van der Waals surface area contributed by atoms with Crippen LogP contribution < -0.4 is 5.32 Å². The Morgan fingerprint density at radius 3 is 2.21 bits per heavy atom. The molecule has 3 aliphatic rings. The van der Waals surface area contributed by atoms with Gasteiger partial charge in [0.2, 0.25) is 11.8 Å². The van der Waals surface area contributed by atoms with Crippen molar-refractivity contribution in [3.05, 3.63) is 34.9 Å². The van der Waals surface area contributed by atoms with E-state index in [2.05, 4.69) is 11.4 Å². The molecule has 9 nitrogen and oxygen atoms in total. The number of likely N-dealkylation sites (tertiary alicyclic amines) is 3. The van der Waals surface area contributed by atoms with Gasteiger partial charge in [-0.2, -0.15) is 31.6 Å². The van der Waals surface area contributed by atoms with Gasteiger partial charge in [0.05, 0.1) is 29.3 Å². The molecule has 3 aliphatic heterocycles. The van der Waals surface area contributed by atoms with Crippen molar-refractivity contribution < 1.29 is 45.5 Å². The van der Waals surface area contributed by atoms with Crippen LogP contribution in [-0.4, -0.2) is 82.0 Å². The van der Waals surface area contributed by atoms with Gasteiger partial charge >= 0.3 is 18.4 Å². The van der Waals surface area contributed by atoms with Crippen LogP contribution in [-0.2, 0) is 26.7 Å². The number of halogens is 6. The molecule has 0 radical (unpaired) electrons. The lowest BCUT2D eigenvalue weighted by atomic mass is 9.98. The first-order chi connectivity index (χ1) is 19.8. The maximum absolute atomic E-state index is 13.5. The van der Waals surface area contributed by atoms with E-state index in [0.717, 1.165) is 0 Å². The zero-order valence-corrected chi connectivity index (χ0v) is 24.1. The largest absolute Gasteiger partial charge is 0.444 e. The number of benzene rings is 1. The van der Waals surface area contributed by atoms with Gasteiger partial charge in [-0.1, -0.05) is 0 Å². The highest BCUT2D eigenvalue weighted by molar-refractivity contribution is 5.88. The predicted molar refractivity (Wildman–Crippen MR) is 139 cm³/mol. The Morgan fingerprint density at radius 1 is 1.09 bits per heavy atom. The third-order valence-corrected chi connectivity index (χ3v) is 7.92. The second-order valence-electron chi connectivity index (χ2n) is 12.1. The Labute approximate surface area is 244 Å². The zero-order chi connectivity index (χ0) is 32.1. The molecule has 0 aromatic heterocycles. The monoisotopic (exact) mass is 617 g/mol. The van der Waals surface area contributed by atoms with Gasteiger partial charge in [0.1, 0.15) is 17.7 Å². The molecule has 0 spiro atoms. The van der Waals surface area contributed by atoms with Crippen molar-refractivity contribution in [3.8, 4) is 6.07 Å². The molecule has 3 amide bonds. The average molecular weight is 618 g/mol. The van der Waals surface area contributed by atoms with Crippen molar-refractivity contribution >= 4 is 17.9 Å². The number of alkyl carbamates (subject to hydrolysis) is 1. The summed E-state index contributed by atoms with van der Waals surface area (Å²) in [5.41, 5.74) is -4.09. The molecular weight excluding hydrogens is 584 g/mol. The number of ether oxygens (including phenoxy) is 1. The van der Waals surface area contributed by atoms with E-state index in [1.807, 2.05) is 0 Å². The highest BCUT2D eigenvalue weighted by Crippen LogP contribution is 2.42. The number of rotatable bonds is 6. The number of nitriles is 1. The summed E-state index contributed by atoms with van der Waals surface area (Å²) in [5, 5.41) is 12.0. The lowest BCUT2D eigenvalue weighted by Crippen LogP contribution is -2.59. The Hall–Kier alpha value is -3.54. The number of amides is 3.